The summed E-state index contributed by atoms with van der Waals surface area (Å²) in [4.78, 5) is 13.8. The van der Waals surface area contributed by atoms with E-state index in [4.69, 9.17) is 4.99 Å². The van der Waals surface area contributed by atoms with Crippen LogP contribution in [-0.2, 0) is 0 Å². The van der Waals surface area contributed by atoms with Gasteiger partial charge in [-0.2, -0.15) is 0 Å². The third-order valence-corrected chi connectivity index (χ3v) is 4.74. The molecule has 0 unspecified atom stereocenters. The Balaban J connectivity index is 1.91. The summed E-state index contributed by atoms with van der Waals surface area (Å²) in [7, 11) is 0. The Morgan fingerprint density at radius 3 is 2.81 bits per heavy atom. The highest BCUT2D eigenvalue weighted by atomic mass is 14.9. The Labute approximate surface area is 124 Å². The first-order valence-electron chi connectivity index (χ1n) is 7.64. The van der Waals surface area contributed by atoms with E-state index in [1.54, 1.807) is 6.33 Å². The molecule has 1 aliphatic heterocycles. The first-order chi connectivity index (χ1) is 10.2. The lowest BCUT2D eigenvalue weighted by Crippen LogP contribution is -2.28. The van der Waals surface area contributed by atoms with E-state index in [9.17, 15) is 0 Å². The fourth-order valence-electron chi connectivity index (χ4n) is 3.67. The Kier molecular flexibility index (Phi) is 2.71. The number of aliphatic imine (C=N–C) groups is 1. The number of allylic oxidation sites excluding steroid dienone is 1. The van der Waals surface area contributed by atoms with E-state index in [-0.39, 0.29) is 5.41 Å². The molecule has 0 saturated heterocycles. The molecule has 1 aromatic heterocycles. The molecule has 106 valence electrons. The van der Waals surface area contributed by atoms with Crippen molar-refractivity contribution in [2.45, 2.75) is 33.1 Å². The van der Waals surface area contributed by atoms with E-state index >= 15 is 0 Å². The fourth-order valence-corrected chi connectivity index (χ4v) is 3.67. The van der Waals surface area contributed by atoms with E-state index in [1.807, 2.05) is 12.1 Å². The minimum atomic E-state index is 0.207. The molecular weight excluding hydrogens is 258 g/mol. The summed E-state index contributed by atoms with van der Waals surface area (Å²) in [6, 6.07) is 8.25. The maximum Gasteiger partial charge on any atom is 0.116 e. The molecule has 2 aliphatic rings. The zero-order valence-corrected chi connectivity index (χ0v) is 12.6. The molecule has 0 atom stereocenters. The molecule has 3 nitrogen and oxygen atoms in total. The number of fused-ring (bicyclic) bond motifs is 2. The zero-order valence-electron chi connectivity index (χ0n) is 12.6. The molecule has 0 spiro atoms. The van der Waals surface area contributed by atoms with Crippen molar-refractivity contribution in [2.24, 2.45) is 10.4 Å². The van der Waals surface area contributed by atoms with Crippen molar-refractivity contribution >= 4 is 22.2 Å². The average Bonchev–Trinajstić information content (AvgIpc) is 2.92. The Bertz CT molecular complexity index is 779. The van der Waals surface area contributed by atoms with Gasteiger partial charge in [0.25, 0.3) is 0 Å². The lowest BCUT2D eigenvalue weighted by molar-refractivity contribution is 0.438. The number of para-hydroxylation sites is 1. The van der Waals surface area contributed by atoms with Crippen molar-refractivity contribution in [2.75, 3.05) is 6.54 Å². The summed E-state index contributed by atoms with van der Waals surface area (Å²) in [5, 5.41) is 1.14. The molecule has 0 amide bonds. The van der Waals surface area contributed by atoms with Crippen LogP contribution in [0.5, 0.6) is 0 Å². The van der Waals surface area contributed by atoms with Crippen LogP contribution in [0.1, 0.15) is 38.8 Å². The molecule has 21 heavy (non-hydrogen) atoms. The highest BCUT2D eigenvalue weighted by Crippen LogP contribution is 2.42. The van der Waals surface area contributed by atoms with Crippen LogP contribution in [0.2, 0.25) is 0 Å². The van der Waals surface area contributed by atoms with Crippen LogP contribution in [-0.4, -0.2) is 22.2 Å². The SMILES string of the molecule is CC1(C)CCCC2=C(c3ncnc4ccccc34)CN=C21. The second kappa shape index (κ2) is 4.48. The number of hydrogen-bond donors (Lipinski definition) is 0. The molecule has 2 aromatic rings. The summed E-state index contributed by atoms with van der Waals surface area (Å²) < 4.78 is 0. The molecule has 4 rings (SSSR count). The highest BCUT2D eigenvalue weighted by molar-refractivity contribution is 6.14. The lowest BCUT2D eigenvalue weighted by Gasteiger charge is -2.32. The van der Waals surface area contributed by atoms with Gasteiger partial charge in [0.2, 0.25) is 0 Å². The molecule has 1 saturated carbocycles. The van der Waals surface area contributed by atoms with Gasteiger partial charge in [-0.25, -0.2) is 9.97 Å². The summed E-state index contributed by atoms with van der Waals surface area (Å²) in [5.74, 6) is 0. The first kappa shape index (κ1) is 12.7. The molecule has 1 aromatic carbocycles. The van der Waals surface area contributed by atoms with Gasteiger partial charge >= 0.3 is 0 Å². The van der Waals surface area contributed by atoms with E-state index in [2.05, 4.69) is 35.9 Å². The number of hydrogen-bond acceptors (Lipinski definition) is 3. The van der Waals surface area contributed by atoms with Gasteiger partial charge < -0.3 is 0 Å². The van der Waals surface area contributed by atoms with Crippen molar-refractivity contribution in [1.82, 2.24) is 9.97 Å². The van der Waals surface area contributed by atoms with Crippen molar-refractivity contribution in [3.05, 3.63) is 41.9 Å². The van der Waals surface area contributed by atoms with E-state index in [0.29, 0.717) is 0 Å². The molecule has 1 aliphatic carbocycles. The standard InChI is InChI=1S/C18H19N3/c1-18(2)9-5-7-12-14(10-19-17(12)18)16-13-6-3-4-8-15(13)20-11-21-16/h3-4,6,8,11H,5,7,9-10H2,1-2H3. The molecule has 0 bridgehead atoms. The van der Waals surface area contributed by atoms with Crippen LogP contribution in [0.3, 0.4) is 0 Å². The Morgan fingerprint density at radius 2 is 1.90 bits per heavy atom. The molecule has 1 fully saturated rings. The Morgan fingerprint density at radius 1 is 1.05 bits per heavy atom. The third kappa shape index (κ3) is 1.91. The van der Waals surface area contributed by atoms with Crippen molar-refractivity contribution in [1.29, 1.82) is 0 Å². The van der Waals surface area contributed by atoms with E-state index < -0.39 is 0 Å². The number of aromatic nitrogens is 2. The van der Waals surface area contributed by atoms with Gasteiger partial charge in [0.05, 0.1) is 17.8 Å². The monoisotopic (exact) mass is 277 g/mol. The highest BCUT2D eigenvalue weighted by Gasteiger charge is 2.36. The van der Waals surface area contributed by atoms with Gasteiger partial charge in [-0.05, 0) is 30.9 Å². The van der Waals surface area contributed by atoms with Gasteiger partial charge in [-0.1, -0.05) is 32.0 Å². The van der Waals surface area contributed by atoms with Crippen molar-refractivity contribution in [3.63, 3.8) is 0 Å². The van der Waals surface area contributed by atoms with E-state index in [0.717, 1.165) is 29.6 Å². The largest absolute Gasteiger partial charge is 0.284 e. The molecule has 3 heteroatoms. The topological polar surface area (TPSA) is 38.1 Å². The first-order valence-corrected chi connectivity index (χ1v) is 7.64. The average molecular weight is 277 g/mol. The van der Waals surface area contributed by atoms with Crippen LogP contribution in [0.4, 0.5) is 0 Å². The van der Waals surface area contributed by atoms with Gasteiger partial charge in [0, 0.05) is 22.1 Å². The van der Waals surface area contributed by atoms with Crippen LogP contribution in [0.15, 0.2) is 41.2 Å². The van der Waals surface area contributed by atoms with E-state index in [1.165, 1.54) is 29.7 Å². The minimum Gasteiger partial charge on any atom is -0.284 e. The quantitative estimate of drug-likeness (QED) is 0.788. The lowest BCUT2D eigenvalue weighted by atomic mass is 9.72. The van der Waals surface area contributed by atoms with Gasteiger partial charge in [-0.15, -0.1) is 0 Å². The van der Waals surface area contributed by atoms with Crippen LogP contribution in [0, 0.1) is 5.41 Å². The number of benzene rings is 1. The van der Waals surface area contributed by atoms with Crippen molar-refractivity contribution < 1.29 is 0 Å². The summed E-state index contributed by atoms with van der Waals surface area (Å²) in [5.41, 5.74) is 6.36. The van der Waals surface area contributed by atoms with Crippen LogP contribution in [0.25, 0.3) is 16.5 Å². The van der Waals surface area contributed by atoms with Crippen LogP contribution < -0.4 is 0 Å². The molecule has 0 N–H and O–H groups in total. The van der Waals surface area contributed by atoms with Gasteiger partial charge in [0.15, 0.2) is 0 Å². The van der Waals surface area contributed by atoms with Gasteiger partial charge in [-0.3, -0.25) is 4.99 Å². The second-order valence-electron chi connectivity index (χ2n) is 6.60. The molecule has 2 heterocycles. The smallest absolute Gasteiger partial charge is 0.116 e. The number of rotatable bonds is 1. The fraction of sp³-hybridized carbons (Fsp3) is 0.389. The maximum atomic E-state index is 4.86. The van der Waals surface area contributed by atoms with Gasteiger partial charge in [0.1, 0.15) is 6.33 Å². The molecular formula is C18H19N3. The normalized spacial score (nSPS) is 20.6. The minimum absolute atomic E-state index is 0.207. The summed E-state index contributed by atoms with van der Waals surface area (Å²) >= 11 is 0. The third-order valence-electron chi connectivity index (χ3n) is 4.74. The summed E-state index contributed by atoms with van der Waals surface area (Å²) in [6.45, 7) is 5.40. The Hall–Kier alpha value is -2.03. The molecule has 0 radical (unpaired) electrons. The zero-order chi connectivity index (χ0) is 14.4. The summed E-state index contributed by atoms with van der Waals surface area (Å²) in [6.07, 6.45) is 5.29. The second-order valence-corrected chi connectivity index (χ2v) is 6.60. The number of nitrogens with zero attached hydrogens (tertiary/aromatic N) is 3. The van der Waals surface area contributed by atoms with Crippen molar-refractivity contribution in [3.8, 4) is 0 Å². The predicted molar refractivity (Wildman–Crippen MR) is 86.4 cm³/mol. The maximum absolute atomic E-state index is 4.86. The van der Waals surface area contributed by atoms with Crippen LogP contribution >= 0.6 is 0 Å². The predicted octanol–water partition coefficient (Wildman–Crippen LogP) is 4.05.